The summed E-state index contributed by atoms with van der Waals surface area (Å²) in [7, 11) is 0. The highest BCUT2D eigenvalue weighted by molar-refractivity contribution is 6.30. The van der Waals surface area contributed by atoms with Gasteiger partial charge in [-0.25, -0.2) is 8.78 Å². The molecule has 1 fully saturated rings. The first-order valence-electron chi connectivity index (χ1n) is 5.13. The highest BCUT2D eigenvalue weighted by Crippen LogP contribution is 2.34. The molecular weight excluding hydrogens is 234 g/mol. The van der Waals surface area contributed by atoms with Crippen molar-refractivity contribution in [2.75, 3.05) is 13.1 Å². The first-order chi connectivity index (χ1) is 7.53. The van der Waals surface area contributed by atoms with Gasteiger partial charge in [0.1, 0.15) is 11.5 Å². The summed E-state index contributed by atoms with van der Waals surface area (Å²) in [4.78, 5) is 0. The third-order valence-electron chi connectivity index (χ3n) is 3.00. The SMILES string of the molecule is NC(c1ccc(F)c(Cl)c1)C1(F)CCNC1. The Morgan fingerprint density at radius 2 is 2.25 bits per heavy atom. The van der Waals surface area contributed by atoms with E-state index in [0.29, 0.717) is 18.5 Å². The first kappa shape index (κ1) is 11.8. The minimum atomic E-state index is -1.47. The molecule has 0 aliphatic carbocycles. The van der Waals surface area contributed by atoms with E-state index >= 15 is 0 Å². The van der Waals surface area contributed by atoms with Gasteiger partial charge in [-0.15, -0.1) is 0 Å². The van der Waals surface area contributed by atoms with Crippen molar-refractivity contribution in [3.05, 3.63) is 34.6 Å². The van der Waals surface area contributed by atoms with Crippen LogP contribution in [0.2, 0.25) is 5.02 Å². The highest BCUT2D eigenvalue weighted by Gasteiger charge is 2.40. The second-order valence-electron chi connectivity index (χ2n) is 4.11. The highest BCUT2D eigenvalue weighted by atomic mass is 35.5. The van der Waals surface area contributed by atoms with Gasteiger partial charge in [-0.2, -0.15) is 0 Å². The van der Waals surface area contributed by atoms with Crippen molar-refractivity contribution in [1.82, 2.24) is 5.32 Å². The number of benzene rings is 1. The van der Waals surface area contributed by atoms with Crippen LogP contribution in [-0.2, 0) is 0 Å². The fraction of sp³-hybridized carbons (Fsp3) is 0.455. The fourth-order valence-electron chi connectivity index (χ4n) is 1.95. The molecule has 3 N–H and O–H groups in total. The maximum absolute atomic E-state index is 14.3. The van der Waals surface area contributed by atoms with Crippen LogP contribution in [0.3, 0.4) is 0 Å². The molecule has 0 aromatic heterocycles. The quantitative estimate of drug-likeness (QED) is 0.840. The third kappa shape index (κ3) is 2.05. The van der Waals surface area contributed by atoms with Crippen molar-refractivity contribution < 1.29 is 8.78 Å². The summed E-state index contributed by atoms with van der Waals surface area (Å²) in [6.07, 6.45) is 0.364. The van der Waals surface area contributed by atoms with E-state index in [2.05, 4.69) is 5.32 Å². The number of hydrogen-bond donors (Lipinski definition) is 2. The summed E-state index contributed by atoms with van der Waals surface area (Å²) in [5.74, 6) is -0.518. The van der Waals surface area contributed by atoms with Gasteiger partial charge in [-0.05, 0) is 30.7 Å². The molecule has 1 aromatic rings. The summed E-state index contributed by atoms with van der Waals surface area (Å²) >= 11 is 5.64. The molecule has 1 saturated heterocycles. The van der Waals surface area contributed by atoms with Crippen LogP contribution < -0.4 is 11.1 Å². The summed E-state index contributed by atoms with van der Waals surface area (Å²) in [6.45, 7) is 0.836. The van der Waals surface area contributed by atoms with Gasteiger partial charge in [0.05, 0.1) is 11.1 Å². The average Bonchev–Trinajstić information content (AvgIpc) is 2.70. The molecule has 1 aliphatic heterocycles. The Kier molecular flexibility index (Phi) is 3.15. The zero-order valence-corrected chi connectivity index (χ0v) is 9.40. The van der Waals surface area contributed by atoms with Gasteiger partial charge in [-0.3, -0.25) is 0 Å². The van der Waals surface area contributed by atoms with E-state index in [4.69, 9.17) is 17.3 Å². The lowest BCUT2D eigenvalue weighted by molar-refractivity contribution is 0.150. The van der Waals surface area contributed by atoms with E-state index in [0.717, 1.165) is 0 Å². The number of alkyl halides is 1. The Morgan fingerprint density at radius 3 is 2.81 bits per heavy atom. The lowest BCUT2D eigenvalue weighted by Crippen LogP contribution is -2.39. The largest absolute Gasteiger partial charge is 0.321 e. The normalized spacial score (nSPS) is 27.0. The van der Waals surface area contributed by atoms with E-state index in [-0.39, 0.29) is 11.6 Å². The number of rotatable bonds is 2. The molecule has 0 saturated carbocycles. The minimum absolute atomic E-state index is 0.0255. The van der Waals surface area contributed by atoms with Crippen LogP contribution >= 0.6 is 11.6 Å². The second-order valence-corrected chi connectivity index (χ2v) is 4.52. The summed E-state index contributed by atoms with van der Waals surface area (Å²) in [5.41, 5.74) is 4.91. The van der Waals surface area contributed by atoms with Crippen LogP contribution in [0.5, 0.6) is 0 Å². The lowest BCUT2D eigenvalue weighted by Gasteiger charge is -2.26. The molecule has 2 rings (SSSR count). The molecule has 2 unspecified atom stereocenters. The van der Waals surface area contributed by atoms with Crippen molar-refractivity contribution in [3.63, 3.8) is 0 Å². The Balaban J connectivity index is 2.26. The van der Waals surface area contributed by atoms with Crippen LogP contribution in [0.1, 0.15) is 18.0 Å². The predicted molar refractivity (Wildman–Crippen MR) is 59.7 cm³/mol. The predicted octanol–water partition coefficient (Wildman–Crippen LogP) is 2.18. The van der Waals surface area contributed by atoms with Gasteiger partial charge in [0.2, 0.25) is 0 Å². The zero-order valence-electron chi connectivity index (χ0n) is 8.64. The molecule has 0 spiro atoms. The van der Waals surface area contributed by atoms with E-state index in [1.807, 2.05) is 0 Å². The van der Waals surface area contributed by atoms with Crippen LogP contribution in [0.25, 0.3) is 0 Å². The van der Waals surface area contributed by atoms with Crippen molar-refractivity contribution in [3.8, 4) is 0 Å². The van der Waals surface area contributed by atoms with Gasteiger partial charge in [0, 0.05) is 6.54 Å². The number of halogens is 3. The molecule has 16 heavy (non-hydrogen) atoms. The fourth-order valence-corrected chi connectivity index (χ4v) is 2.14. The number of hydrogen-bond acceptors (Lipinski definition) is 2. The van der Waals surface area contributed by atoms with Crippen LogP contribution in [-0.4, -0.2) is 18.8 Å². The van der Waals surface area contributed by atoms with E-state index in [1.54, 1.807) is 0 Å². The molecule has 1 aromatic carbocycles. The molecule has 5 heteroatoms. The number of nitrogens with two attached hydrogens (primary N) is 1. The summed E-state index contributed by atoms with van der Waals surface area (Å²) < 4.78 is 27.3. The standard InChI is InChI=1S/C11H13ClF2N2/c12-8-5-7(1-2-9(8)13)10(15)11(14)3-4-16-6-11/h1-2,5,10,16H,3-4,6,15H2. The molecular formula is C11H13ClF2N2. The van der Waals surface area contributed by atoms with E-state index < -0.39 is 17.5 Å². The Morgan fingerprint density at radius 1 is 1.50 bits per heavy atom. The first-order valence-corrected chi connectivity index (χ1v) is 5.51. The third-order valence-corrected chi connectivity index (χ3v) is 3.29. The molecule has 1 heterocycles. The van der Waals surface area contributed by atoms with E-state index in [9.17, 15) is 8.78 Å². The molecule has 1 aliphatic rings. The maximum atomic E-state index is 14.3. The van der Waals surface area contributed by atoms with Gasteiger partial charge >= 0.3 is 0 Å². The van der Waals surface area contributed by atoms with Crippen molar-refractivity contribution in [1.29, 1.82) is 0 Å². The smallest absolute Gasteiger partial charge is 0.143 e. The van der Waals surface area contributed by atoms with E-state index in [1.165, 1.54) is 18.2 Å². The molecule has 0 bridgehead atoms. The molecule has 2 atom stereocenters. The molecule has 0 radical (unpaired) electrons. The van der Waals surface area contributed by atoms with Crippen molar-refractivity contribution >= 4 is 11.6 Å². The van der Waals surface area contributed by atoms with Gasteiger partial charge in [0.25, 0.3) is 0 Å². The second kappa shape index (κ2) is 4.28. The van der Waals surface area contributed by atoms with Crippen LogP contribution in [0, 0.1) is 5.82 Å². The molecule has 2 nitrogen and oxygen atoms in total. The molecule has 88 valence electrons. The summed E-state index contributed by atoms with van der Waals surface area (Å²) in [6, 6.07) is 3.30. The van der Waals surface area contributed by atoms with Crippen LogP contribution in [0.15, 0.2) is 18.2 Å². The minimum Gasteiger partial charge on any atom is -0.321 e. The lowest BCUT2D eigenvalue weighted by atomic mass is 9.90. The van der Waals surface area contributed by atoms with Gasteiger partial charge < -0.3 is 11.1 Å². The van der Waals surface area contributed by atoms with Crippen molar-refractivity contribution in [2.45, 2.75) is 18.1 Å². The van der Waals surface area contributed by atoms with Crippen molar-refractivity contribution in [2.24, 2.45) is 5.73 Å². The van der Waals surface area contributed by atoms with Gasteiger partial charge in [0.15, 0.2) is 0 Å². The number of nitrogens with one attached hydrogen (secondary N) is 1. The zero-order chi connectivity index (χ0) is 11.8. The topological polar surface area (TPSA) is 38.0 Å². The Labute approximate surface area is 97.8 Å². The maximum Gasteiger partial charge on any atom is 0.143 e. The Hall–Kier alpha value is -0.710. The monoisotopic (exact) mass is 246 g/mol. The average molecular weight is 247 g/mol. The van der Waals surface area contributed by atoms with Crippen LogP contribution in [0.4, 0.5) is 8.78 Å². The Bertz CT molecular complexity index is 392. The van der Waals surface area contributed by atoms with Gasteiger partial charge in [-0.1, -0.05) is 17.7 Å². The molecule has 0 amide bonds. The summed E-state index contributed by atoms with van der Waals surface area (Å²) in [5, 5.41) is 2.90.